The van der Waals surface area contributed by atoms with E-state index in [1.807, 2.05) is 32.1 Å². The number of benzene rings is 2. The van der Waals surface area contributed by atoms with E-state index in [1.54, 1.807) is 0 Å². The number of aliphatic hydroxyl groups excluding tert-OH is 3. The average molecular weight is 597 g/mol. The molecule has 1 saturated heterocycles. The van der Waals surface area contributed by atoms with Gasteiger partial charge in [0.05, 0.1) is 24.4 Å². The molecule has 3 rings (SSSR count). The van der Waals surface area contributed by atoms with Crippen molar-refractivity contribution in [3.05, 3.63) is 85.5 Å². The molecule has 1 heterocycles. The van der Waals surface area contributed by atoms with E-state index in [-0.39, 0.29) is 17.6 Å². The standard InChI is InChI=1S/C35H52O6Si/c1-8-9-17-27-25-32(41-35(6,7)40-27)33(38)26(2)24-31(37)30(36)22-16-23-39-42(34(3,4)5,28-18-12-10-13-19-28)29-20-14-11-15-21-29/h8,10-15,18-21,27,30-33,36-38H,1-2,9,16-17,22-25H2,3-7H3/t27-,30-,31-,32-,33+/m0/s1. The lowest BCUT2D eigenvalue weighted by molar-refractivity contribution is -0.310. The molecule has 0 spiro atoms. The summed E-state index contributed by atoms with van der Waals surface area (Å²) in [5, 5.41) is 35.0. The fourth-order valence-corrected chi connectivity index (χ4v) is 10.7. The second-order valence-electron chi connectivity index (χ2n) is 13.0. The van der Waals surface area contributed by atoms with Crippen LogP contribution in [0.3, 0.4) is 0 Å². The minimum atomic E-state index is -2.66. The number of ether oxygens (including phenoxy) is 2. The van der Waals surface area contributed by atoms with E-state index in [0.717, 1.165) is 12.8 Å². The lowest BCUT2D eigenvalue weighted by Crippen LogP contribution is -2.66. The van der Waals surface area contributed by atoms with Crippen LogP contribution in [0.1, 0.15) is 73.1 Å². The largest absolute Gasteiger partial charge is 0.407 e. The minimum absolute atomic E-state index is 0.0646. The number of rotatable bonds is 15. The van der Waals surface area contributed by atoms with E-state index < -0.39 is 38.5 Å². The molecule has 7 heteroatoms. The quantitative estimate of drug-likeness (QED) is 0.148. The lowest BCUT2D eigenvalue weighted by atomic mass is 9.92. The van der Waals surface area contributed by atoms with Crippen LogP contribution in [0.15, 0.2) is 85.5 Å². The fraction of sp³-hybridized carbons (Fsp3) is 0.543. The molecule has 5 atom stereocenters. The molecule has 2 aromatic carbocycles. The summed E-state index contributed by atoms with van der Waals surface area (Å²) < 4.78 is 18.9. The molecule has 0 amide bonds. The third-order valence-electron chi connectivity index (χ3n) is 8.14. The SMILES string of the molecule is C=CCC[C@H]1C[C@@H]([C@H](O)C(=C)C[C@H](O)[C@@H](O)CCCO[Si](c2ccccc2)(c2ccccc2)C(C)(C)C)OC(C)(C)O1. The van der Waals surface area contributed by atoms with Crippen LogP contribution in [0.5, 0.6) is 0 Å². The maximum atomic E-state index is 11.0. The highest BCUT2D eigenvalue weighted by molar-refractivity contribution is 6.99. The summed E-state index contributed by atoms with van der Waals surface area (Å²) in [6.45, 7) is 18.7. The van der Waals surface area contributed by atoms with Gasteiger partial charge in [-0.2, -0.15) is 0 Å². The molecule has 3 N–H and O–H groups in total. The van der Waals surface area contributed by atoms with Crippen molar-refractivity contribution in [2.75, 3.05) is 6.61 Å². The van der Waals surface area contributed by atoms with Crippen LogP contribution in [0.4, 0.5) is 0 Å². The Kier molecular flexibility index (Phi) is 12.3. The molecule has 1 fully saturated rings. The van der Waals surface area contributed by atoms with Crippen LogP contribution in [-0.2, 0) is 13.9 Å². The Labute approximate surface area is 254 Å². The first-order valence-electron chi connectivity index (χ1n) is 15.2. The Morgan fingerprint density at radius 1 is 1.00 bits per heavy atom. The maximum absolute atomic E-state index is 11.0. The minimum Gasteiger partial charge on any atom is -0.407 e. The number of allylic oxidation sites excluding steroid dienone is 1. The van der Waals surface area contributed by atoms with Gasteiger partial charge in [0.2, 0.25) is 0 Å². The van der Waals surface area contributed by atoms with Crippen molar-refractivity contribution in [3.8, 4) is 0 Å². The van der Waals surface area contributed by atoms with Gasteiger partial charge < -0.3 is 29.2 Å². The van der Waals surface area contributed by atoms with E-state index in [1.165, 1.54) is 10.4 Å². The Balaban J connectivity index is 1.59. The Morgan fingerprint density at radius 2 is 1.57 bits per heavy atom. The number of hydrogen-bond acceptors (Lipinski definition) is 6. The highest BCUT2D eigenvalue weighted by Crippen LogP contribution is 2.37. The van der Waals surface area contributed by atoms with Crippen LogP contribution >= 0.6 is 0 Å². The van der Waals surface area contributed by atoms with Crippen molar-refractivity contribution in [2.45, 2.75) is 114 Å². The van der Waals surface area contributed by atoms with Gasteiger partial charge in [0.25, 0.3) is 8.32 Å². The van der Waals surface area contributed by atoms with Gasteiger partial charge in [0.1, 0.15) is 6.10 Å². The molecule has 0 unspecified atom stereocenters. The summed E-state index contributed by atoms with van der Waals surface area (Å²) in [5.74, 6) is -0.834. The van der Waals surface area contributed by atoms with Crippen molar-refractivity contribution < 1.29 is 29.2 Å². The smallest absolute Gasteiger partial charge is 0.261 e. The van der Waals surface area contributed by atoms with Crippen LogP contribution in [0.25, 0.3) is 0 Å². The predicted molar refractivity (Wildman–Crippen MR) is 172 cm³/mol. The number of aliphatic hydroxyl groups is 3. The fourth-order valence-electron chi connectivity index (χ4n) is 6.08. The van der Waals surface area contributed by atoms with Gasteiger partial charge in [-0.15, -0.1) is 6.58 Å². The topological polar surface area (TPSA) is 88.4 Å². The normalized spacial score (nSPS) is 21.3. The molecule has 6 nitrogen and oxygen atoms in total. The highest BCUT2D eigenvalue weighted by atomic mass is 28.4. The summed E-state index contributed by atoms with van der Waals surface area (Å²) in [6, 6.07) is 20.9. The van der Waals surface area contributed by atoms with Gasteiger partial charge >= 0.3 is 0 Å². The van der Waals surface area contributed by atoms with Crippen molar-refractivity contribution >= 4 is 18.7 Å². The van der Waals surface area contributed by atoms with Crippen molar-refractivity contribution in [1.29, 1.82) is 0 Å². The van der Waals surface area contributed by atoms with Gasteiger partial charge in [0, 0.05) is 13.0 Å². The van der Waals surface area contributed by atoms with E-state index >= 15 is 0 Å². The van der Waals surface area contributed by atoms with Gasteiger partial charge in [-0.05, 0) is 66.9 Å². The zero-order valence-corrected chi connectivity index (χ0v) is 27.2. The number of hydrogen-bond donors (Lipinski definition) is 3. The van der Waals surface area contributed by atoms with Crippen molar-refractivity contribution in [1.82, 2.24) is 0 Å². The van der Waals surface area contributed by atoms with Gasteiger partial charge in [-0.25, -0.2) is 0 Å². The third-order valence-corrected chi connectivity index (χ3v) is 13.2. The second-order valence-corrected chi connectivity index (χ2v) is 17.3. The average Bonchev–Trinajstić information content (AvgIpc) is 2.95. The molecule has 1 aliphatic heterocycles. The van der Waals surface area contributed by atoms with Gasteiger partial charge in [0.15, 0.2) is 5.79 Å². The van der Waals surface area contributed by atoms with Gasteiger partial charge in [-0.1, -0.05) is 94.1 Å². The summed E-state index contributed by atoms with van der Waals surface area (Å²) in [4.78, 5) is 0. The van der Waals surface area contributed by atoms with E-state index in [9.17, 15) is 15.3 Å². The zero-order chi connectivity index (χ0) is 31.0. The van der Waals surface area contributed by atoms with Crippen LogP contribution in [-0.4, -0.2) is 66.6 Å². The third kappa shape index (κ3) is 8.72. The Bertz CT molecular complexity index is 1070. The zero-order valence-electron chi connectivity index (χ0n) is 26.2. The van der Waals surface area contributed by atoms with Crippen molar-refractivity contribution in [3.63, 3.8) is 0 Å². The molecule has 42 heavy (non-hydrogen) atoms. The molecule has 0 saturated carbocycles. The first-order chi connectivity index (χ1) is 19.8. The molecular formula is C35H52O6Si. The summed E-state index contributed by atoms with van der Waals surface area (Å²) in [5.41, 5.74) is 0.440. The van der Waals surface area contributed by atoms with Gasteiger partial charge in [-0.3, -0.25) is 0 Å². The molecule has 0 radical (unpaired) electrons. The van der Waals surface area contributed by atoms with Crippen LogP contribution in [0.2, 0.25) is 5.04 Å². The molecule has 2 aromatic rings. The highest BCUT2D eigenvalue weighted by Gasteiger charge is 2.50. The molecule has 0 aliphatic carbocycles. The lowest BCUT2D eigenvalue weighted by Gasteiger charge is -2.43. The maximum Gasteiger partial charge on any atom is 0.261 e. The van der Waals surface area contributed by atoms with Crippen LogP contribution in [0, 0.1) is 0 Å². The molecule has 232 valence electrons. The molecule has 1 aliphatic rings. The van der Waals surface area contributed by atoms with Crippen molar-refractivity contribution in [2.24, 2.45) is 0 Å². The molecule has 0 aromatic heterocycles. The first-order valence-corrected chi connectivity index (χ1v) is 17.1. The Morgan fingerprint density at radius 3 is 2.10 bits per heavy atom. The predicted octanol–water partition coefficient (Wildman–Crippen LogP) is 5.25. The van der Waals surface area contributed by atoms with E-state index in [2.05, 4.69) is 82.5 Å². The van der Waals surface area contributed by atoms with E-state index in [0.29, 0.717) is 31.4 Å². The first kappa shape index (κ1) is 34.4. The molecule has 0 bridgehead atoms. The van der Waals surface area contributed by atoms with Crippen LogP contribution < -0.4 is 10.4 Å². The summed E-state index contributed by atoms with van der Waals surface area (Å²) in [6.07, 6.45) is 1.46. The van der Waals surface area contributed by atoms with E-state index in [4.69, 9.17) is 13.9 Å². The Hall–Kier alpha value is -2.10. The monoisotopic (exact) mass is 596 g/mol. The summed E-state index contributed by atoms with van der Waals surface area (Å²) >= 11 is 0. The second kappa shape index (κ2) is 15.1. The molecular weight excluding hydrogens is 544 g/mol. The summed E-state index contributed by atoms with van der Waals surface area (Å²) in [7, 11) is -2.66.